The van der Waals surface area contributed by atoms with Crippen LogP contribution in [0.1, 0.15) is 51.7 Å². The minimum absolute atomic E-state index is 0.128. The molecule has 1 aromatic carbocycles. The Morgan fingerprint density at radius 1 is 1.17 bits per heavy atom. The van der Waals surface area contributed by atoms with Gasteiger partial charge in [0.25, 0.3) is 0 Å². The molecule has 1 aliphatic carbocycles. The maximum Gasteiger partial charge on any atom is 0.0148 e. The molecule has 0 bridgehead atoms. The van der Waals surface area contributed by atoms with Crippen LogP contribution in [0.3, 0.4) is 0 Å². The van der Waals surface area contributed by atoms with Crippen molar-refractivity contribution in [3.8, 4) is 0 Å². The van der Waals surface area contributed by atoms with Crippen molar-refractivity contribution in [1.82, 2.24) is 0 Å². The Bertz CT molecular complexity index is 487. The van der Waals surface area contributed by atoms with Crippen LogP contribution in [-0.4, -0.2) is 0 Å². The van der Waals surface area contributed by atoms with Gasteiger partial charge in [0.1, 0.15) is 0 Å². The summed E-state index contributed by atoms with van der Waals surface area (Å²) in [6.45, 7) is 9.21. The van der Waals surface area contributed by atoms with Gasteiger partial charge in [-0.25, -0.2) is 0 Å². The molecule has 18 heavy (non-hydrogen) atoms. The van der Waals surface area contributed by atoms with Gasteiger partial charge in [0.15, 0.2) is 0 Å². The zero-order chi connectivity index (χ0) is 13.2. The Hall–Kier alpha value is -1.30. The smallest absolute Gasteiger partial charge is 0.0148 e. The quantitative estimate of drug-likeness (QED) is 0.667. The molecule has 0 heteroatoms. The lowest BCUT2D eigenvalue weighted by Crippen LogP contribution is -2.20. The second-order valence-corrected chi connectivity index (χ2v) is 5.79. The summed E-state index contributed by atoms with van der Waals surface area (Å²) < 4.78 is 0. The van der Waals surface area contributed by atoms with E-state index in [1.54, 1.807) is 5.57 Å². The van der Waals surface area contributed by atoms with Crippen molar-refractivity contribution >= 4 is 0 Å². The molecule has 0 saturated carbocycles. The topological polar surface area (TPSA) is 0 Å². The molecule has 0 spiro atoms. The highest BCUT2D eigenvalue weighted by molar-refractivity contribution is 5.48. The van der Waals surface area contributed by atoms with Crippen LogP contribution < -0.4 is 0 Å². The highest BCUT2D eigenvalue weighted by atomic mass is 14.3. The monoisotopic (exact) mass is 240 g/mol. The fraction of sp³-hybridized carbons (Fsp3) is 0.444. The molecule has 0 radical (unpaired) electrons. The van der Waals surface area contributed by atoms with Gasteiger partial charge in [0, 0.05) is 5.41 Å². The van der Waals surface area contributed by atoms with E-state index < -0.39 is 0 Å². The summed E-state index contributed by atoms with van der Waals surface area (Å²) in [7, 11) is 0. The molecule has 0 aromatic heterocycles. The molecule has 0 nitrogen and oxygen atoms in total. The van der Waals surface area contributed by atoms with Gasteiger partial charge >= 0.3 is 0 Å². The Labute approximate surface area is 111 Å². The maximum absolute atomic E-state index is 2.36. The molecular weight excluding hydrogens is 216 g/mol. The van der Waals surface area contributed by atoms with Gasteiger partial charge in [-0.2, -0.15) is 0 Å². The molecule has 96 valence electrons. The second kappa shape index (κ2) is 5.14. The van der Waals surface area contributed by atoms with Gasteiger partial charge in [0.2, 0.25) is 0 Å². The number of rotatable bonds is 2. The van der Waals surface area contributed by atoms with Gasteiger partial charge in [-0.15, -0.1) is 0 Å². The molecule has 2 rings (SSSR count). The van der Waals surface area contributed by atoms with E-state index in [1.165, 1.54) is 29.5 Å². The normalized spacial score (nSPS) is 18.9. The second-order valence-electron chi connectivity index (χ2n) is 5.79. The summed E-state index contributed by atoms with van der Waals surface area (Å²) in [5.41, 5.74) is 6.19. The molecule has 0 atom stereocenters. The number of hydrogen-bond donors (Lipinski definition) is 0. The predicted molar refractivity (Wildman–Crippen MR) is 79.9 cm³/mol. The molecule has 0 saturated heterocycles. The lowest BCUT2D eigenvalue weighted by atomic mass is 9.75. The minimum atomic E-state index is 0.128. The summed E-state index contributed by atoms with van der Waals surface area (Å²) in [4.78, 5) is 0. The number of aryl methyl sites for hydroxylation is 1. The number of fused-ring (bicyclic) bond motifs is 1. The van der Waals surface area contributed by atoms with Crippen molar-refractivity contribution in [2.45, 2.75) is 52.4 Å². The SMILES string of the molecule is CC/C=C\C1=C(C)CCc2ccccc2C1(C)C. The van der Waals surface area contributed by atoms with Crippen LogP contribution in [0.15, 0.2) is 47.6 Å². The van der Waals surface area contributed by atoms with Crippen LogP contribution in [0.4, 0.5) is 0 Å². The number of hydrogen-bond acceptors (Lipinski definition) is 0. The first kappa shape index (κ1) is 13.1. The Morgan fingerprint density at radius 2 is 1.89 bits per heavy atom. The van der Waals surface area contributed by atoms with E-state index in [0.717, 1.165) is 6.42 Å². The Kier molecular flexibility index (Phi) is 3.75. The Morgan fingerprint density at radius 3 is 2.61 bits per heavy atom. The fourth-order valence-corrected chi connectivity index (χ4v) is 3.07. The van der Waals surface area contributed by atoms with Crippen molar-refractivity contribution in [2.75, 3.05) is 0 Å². The highest BCUT2D eigenvalue weighted by Gasteiger charge is 2.29. The first-order chi connectivity index (χ1) is 8.57. The van der Waals surface area contributed by atoms with E-state index in [-0.39, 0.29) is 5.41 Å². The summed E-state index contributed by atoms with van der Waals surface area (Å²) in [5, 5.41) is 0. The van der Waals surface area contributed by atoms with Crippen LogP contribution in [0.2, 0.25) is 0 Å². The van der Waals surface area contributed by atoms with Crippen LogP contribution in [0, 0.1) is 0 Å². The molecule has 0 N–H and O–H groups in total. The maximum atomic E-state index is 2.36. The van der Waals surface area contributed by atoms with E-state index in [1.807, 2.05) is 0 Å². The molecular formula is C18H24. The van der Waals surface area contributed by atoms with Gasteiger partial charge in [0.05, 0.1) is 0 Å². The standard InChI is InChI=1S/C18H24/c1-5-6-10-16-14(2)12-13-15-9-7-8-11-17(15)18(16,3)4/h6-11H,5,12-13H2,1-4H3/b10-6-. The summed E-state index contributed by atoms with van der Waals surface area (Å²) in [5.74, 6) is 0. The van der Waals surface area contributed by atoms with Crippen LogP contribution in [-0.2, 0) is 11.8 Å². The number of allylic oxidation sites excluding steroid dienone is 4. The lowest BCUT2D eigenvalue weighted by Gasteiger charge is -2.29. The molecule has 0 heterocycles. The molecule has 0 unspecified atom stereocenters. The predicted octanol–water partition coefficient (Wildman–Crippen LogP) is 5.19. The Balaban J connectivity index is 2.55. The van der Waals surface area contributed by atoms with Crippen LogP contribution in [0.25, 0.3) is 0 Å². The largest absolute Gasteiger partial charge is 0.0845 e. The van der Waals surface area contributed by atoms with Gasteiger partial charge in [-0.05, 0) is 42.9 Å². The van der Waals surface area contributed by atoms with Crippen molar-refractivity contribution in [3.05, 3.63) is 58.7 Å². The summed E-state index contributed by atoms with van der Waals surface area (Å²) in [6, 6.07) is 8.92. The third kappa shape index (κ3) is 2.29. The molecule has 0 fully saturated rings. The zero-order valence-corrected chi connectivity index (χ0v) is 12.1. The molecule has 1 aromatic rings. The van der Waals surface area contributed by atoms with Gasteiger partial charge in [-0.3, -0.25) is 0 Å². The van der Waals surface area contributed by atoms with E-state index in [9.17, 15) is 0 Å². The van der Waals surface area contributed by atoms with Crippen molar-refractivity contribution in [3.63, 3.8) is 0 Å². The summed E-state index contributed by atoms with van der Waals surface area (Å²) in [6.07, 6.45) is 8.10. The van der Waals surface area contributed by atoms with E-state index in [2.05, 4.69) is 64.1 Å². The van der Waals surface area contributed by atoms with Gasteiger partial charge < -0.3 is 0 Å². The van der Waals surface area contributed by atoms with E-state index in [4.69, 9.17) is 0 Å². The first-order valence-electron chi connectivity index (χ1n) is 7.02. The van der Waals surface area contributed by atoms with Gasteiger partial charge in [-0.1, -0.05) is 62.8 Å². The highest BCUT2D eigenvalue weighted by Crippen LogP contribution is 2.40. The van der Waals surface area contributed by atoms with E-state index in [0.29, 0.717) is 0 Å². The number of benzene rings is 1. The molecule has 1 aliphatic rings. The minimum Gasteiger partial charge on any atom is -0.0845 e. The average Bonchev–Trinajstić information content (AvgIpc) is 2.45. The fourth-order valence-electron chi connectivity index (χ4n) is 3.07. The zero-order valence-electron chi connectivity index (χ0n) is 12.1. The van der Waals surface area contributed by atoms with Crippen molar-refractivity contribution < 1.29 is 0 Å². The molecule has 0 aliphatic heterocycles. The summed E-state index contributed by atoms with van der Waals surface area (Å²) >= 11 is 0. The van der Waals surface area contributed by atoms with Crippen molar-refractivity contribution in [1.29, 1.82) is 0 Å². The third-order valence-corrected chi connectivity index (χ3v) is 4.11. The average molecular weight is 240 g/mol. The van der Waals surface area contributed by atoms with Crippen molar-refractivity contribution in [2.24, 2.45) is 0 Å². The lowest BCUT2D eigenvalue weighted by molar-refractivity contribution is 0.632. The molecule has 0 amide bonds. The van der Waals surface area contributed by atoms with Crippen LogP contribution >= 0.6 is 0 Å². The van der Waals surface area contributed by atoms with Crippen LogP contribution in [0.5, 0.6) is 0 Å². The van der Waals surface area contributed by atoms with E-state index >= 15 is 0 Å². The first-order valence-corrected chi connectivity index (χ1v) is 7.02. The third-order valence-electron chi connectivity index (χ3n) is 4.11.